The second-order valence-electron chi connectivity index (χ2n) is 5.63. The maximum Gasteiger partial charge on any atom is 0.141 e. The van der Waals surface area contributed by atoms with E-state index in [-0.39, 0.29) is 18.2 Å². The number of thiophene rings is 1. The van der Waals surface area contributed by atoms with Crippen LogP contribution in [0.3, 0.4) is 0 Å². The number of benzene rings is 1. The third kappa shape index (κ3) is 2.09. The highest BCUT2D eigenvalue weighted by molar-refractivity contribution is 7.20. The molecule has 2 bridgehead atoms. The Labute approximate surface area is 128 Å². The zero-order chi connectivity index (χ0) is 13.0. The predicted molar refractivity (Wildman–Crippen MR) is 86.2 cm³/mol. The van der Waals surface area contributed by atoms with E-state index in [4.69, 9.17) is 0 Å². The van der Waals surface area contributed by atoms with E-state index >= 15 is 0 Å². The van der Waals surface area contributed by atoms with Gasteiger partial charge in [0.25, 0.3) is 0 Å². The Morgan fingerprint density at radius 3 is 2.90 bits per heavy atom. The Morgan fingerprint density at radius 2 is 2.15 bits per heavy atom. The summed E-state index contributed by atoms with van der Waals surface area (Å²) in [5, 5.41) is 1.03. The Hall–Kier alpha value is -0.900. The molecule has 2 atom stereocenters. The number of fused-ring (bicyclic) bond motifs is 3. The van der Waals surface area contributed by atoms with Gasteiger partial charge in [-0.1, -0.05) is 18.2 Å². The molecule has 0 amide bonds. The molecule has 2 aliphatic heterocycles. The minimum Gasteiger partial charge on any atom is -0.297 e. The van der Waals surface area contributed by atoms with E-state index in [0.717, 1.165) is 16.5 Å². The Bertz CT molecular complexity index is 678. The van der Waals surface area contributed by atoms with E-state index in [2.05, 4.69) is 24.1 Å². The van der Waals surface area contributed by atoms with Crippen molar-refractivity contribution in [3.05, 3.63) is 41.0 Å². The molecule has 4 heteroatoms. The first kappa shape index (κ1) is 14.1. The van der Waals surface area contributed by atoms with Crippen LogP contribution in [0.1, 0.15) is 24.1 Å². The van der Waals surface area contributed by atoms with Crippen LogP contribution in [0.15, 0.2) is 30.3 Å². The van der Waals surface area contributed by atoms with Gasteiger partial charge in [0, 0.05) is 17.0 Å². The van der Waals surface area contributed by atoms with Gasteiger partial charge in [-0.2, -0.15) is 0 Å². The van der Waals surface area contributed by atoms with E-state index < -0.39 is 0 Å². The molecule has 0 spiro atoms. The van der Waals surface area contributed by atoms with Gasteiger partial charge in [0.05, 0.1) is 4.70 Å². The van der Waals surface area contributed by atoms with Crippen molar-refractivity contribution in [1.82, 2.24) is 4.90 Å². The number of likely N-dealkylation sites (N-methyl/N-ethyl adjacent to an activating group) is 1. The number of rotatable bonds is 1. The number of halogens is 2. The Balaban J connectivity index is 0.00000121. The molecule has 3 heterocycles. The van der Waals surface area contributed by atoms with E-state index in [1.54, 1.807) is 23.5 Å². The topological polar surface area (TPSA) is 3.24 Å². The van der Waals surface area contributed by atoms with Crippen LogP contribution in [0.25, 0.3) is 15.7 Å². The van der Waals surface area contributed by atoms with Gasteiger partial charge < -0.3 is 0 Å². The zero-order valence-electron chi connectivity index (χ0n) is 11.3. The highest BCUT2D eigenvalue weighted by Crippen LogP contribution is 2.41. The average Bonchev–Trinajstić information content (AvgIpc) is 2.89. The highest BCUT2D eigenvalue weighted by atomic mass is 35.5. The van der Waals surface area contributed by atoms with E-state index in [1.807, 2.05) is 6.07 Å². The van der Waals surface area contributed by atoms with Gasteiger partial charge in [-0.3, -0.25) is 4.90 Å². The minimum absolute atomic E-state index is 0. The van der Waals surface area contributed by atoms with Crippen molar-refractivity contribution in [2.24, 2.45) is 0 Å². The summed E-state index contributed by atoms with van der Waals surface area (Å²) in [6.45, 7) is 0. The molecular weight excluding hydrogens is 293 g/mol. The van der Waals surface area contributed by atoms with Gasteiger partial charge in [0.1, 0.15) is 5.82 Å². The van der Waals surface area contributed by atoms with Gasteiger partial charge in [-0.05, 0) is 49.4 Å². The van der Waals surface area contributed by atoms with E-state index in [1.165, 1.54) is 23.3 Å². The predicted octanol–water partition coefficient (Wildman–Crippen LogP) is 4.71. The van der Waals surface area contributed by atoms with Gasteiger partial charge in [-0.25, -0.2) is 4.39 Å². The lowest BCUT2D eigenvalue weighted by atomic mass is 10.0. The summed E-state index contributed by atoms with van der Waals surface area (Å²) in [5.74, 6) is -0.0924. The highest BCUT2D eigenvalue weighted by Gasteiger charge is 2.34. The van der Waals surface area contributed by atoms with Crippen LogP contribution >= 0.6 is 23.7 Å². The molecule has 1 aromatic heterocycles. The van der Waals surface area contributed by atoms with Crippen LogP contribution in [-0.2, 0) is 0 Å². The zero-order valence-corrected chi connectivity index (χ0v) is 12.9. The summed E-state index contributed by atoms with van der Waals surface area (Å²) in [6.07, 6.45) is 6.07. The molecule has 0 radical (unpaired) electrons. The van der Waals surface area contributed by atoms with Crippen LogP contribution in [0.5, 0.6) is 0 Å². The summed E-state index contributed by atoms with van der Waals surface area (Å²) in [5.41, 5.74) is 1.42. The van der Waals surface area contributed by atoms with Gasteiger partial charge in [-0.15, -0.1) is 23.7 Å². The van der Waals surface area contributed by atoms with Crippen molar-refractivity contribution in [3.8, 4) is 0 Å². The molecule has 1 nitrogen and oxygen atoms in total. The van der Waals surface area contributed by atoms with Crippen LogP contribution in [0.4, 0.5) is 4.39 Å². The van der Waals surface area contributed by atoms with Crippen LogP contribution < -0.4 is 0 Å². The van der Waals surface area contributed by atoms with Crippen LogP contribution in [0, 0.1) is 5.82 Å². The average molecular weight is 310 g/mol. The molecule has 0 saturated carbocycles. The van der Waals surface area contributed by atoms with E-state index in [0.29, 0.717) is 12.1 Å². The van der Waals surface area contributed by atoms with Crippen LogP contribution in [-0.4, -0.2) is 24.0 Å². The number of hydrogen-bond donors (Lipinski definition) is 0. The lowest BCUT2D eigenvalue weighted by Crippen LogP contribution is -2.34. The monoisotopic (exact) mass is 309 g/mol. The molecule has 1 saturated heterocycles. The summed E-state index contributed by atoms with van der Waals surface area (Å²) < 4.78 is 14.6. The molecule has 0 aliphatic carbocycles. The first-order chi connectivity index (χ1) is 9.22. The maximum absolute atomic E-state index is 13.8. The van der Waals surface area contributed by atoms with Crippen molar-refractivity contribution in [3.63, 3.8) is 0 Å². The summed E-state index contributed by atoms with van der Waals surface area (Å²) in [6, 6.07) is 8.77. The van der Waals surface area contributed by atoms with E-state index in [9.17, 15) is 4.39 Å². The fraction of sp³-hybridized carbons (Fsp3) is 0.375. The number of hydrogen-bond acceptors (Lipinski definition) is 2. The summed E-state index contributed by atoms with van der Waals surface area (Å²) in [7, 11) is 2.22. The fourth-order valence-corrected chi connectivity index (χ4v) is 4.51. The number of nitrogens with zero attached hydrogens (tertiary/aromatic N) is 1. The molecule has 20 heavy (non-hydrogen) atoms. The fourth-order valence-electron chi connectivity index (χ4n) is 3.41. The lowest BCUT2D eigenvalue weighted by molar-refractivity contribution is 0.264. The van der Waals surface area contributed by atoms with Gasteiger partial charge in [0.15, 0.2) is 0 Å². The minimum atomic E-state index is -0.0924. The first-order valence-corrected chi connectivity index (χ1v) is 7.65. The maximum atomic E-state index is 13.8. The van der Waals surface area contributed by atoms with Crippen molar-refractivity contribution < 1.29 is 4.39 Å². The quantitative estimate of drug-likeness (QED) is 0.737. The van der Waals surface area contributed by atoms with Crippen molar-refractivity contribution in [2.75, 3.05) is 7.05 Å². The molecule has 2 aromatic rings. The molecule has 1 aromatic carbocycles. The third-order valence-electron chi connectivity index (χ3n) is 4.56. The van der Waals surface area contributed by atoms with Gasteiger partial charge in [0.2, 0.25) is 0 Å². The SMILES string of the molecule is CN1C2C=C(c3cc4cccc(F)c4s3)CC1CC2.Cl. The molecule has 2 unspecified atom stereocenters. The summed E-state index contributed by atoms with van der Waals surface area (Å²) >= 11 is 1.60. The third-order valence-corrected chi connectivity index (χ3v) is 5.79. The van der Waals surface area contributed by atoms with Gasteiger partial charge >= 0.3 is 0 Å². The van der Waals surface area contributed by atoms with Crippen molar-refractivity contribution in [2.45, 2.75) is 31.3 Å². The molecule has 106 valence electrons. The first-order valence-electron chi connectivity index (χ1n) is 6.83. The molecule has 4 rings (SSSR count). The summed E-state index contributed by atoms with van der Waals surface area (Å²) in [4.78, 5) is 3.74. The normalized spacial score (nSPS) is 25.6. The second kappa shape index (κ2) is 5.14. The molecule has 2 aliphatic rings. The molecule has 0 N–H and O–H groups in total. The smallest absolute Gasteiger partial charge is 0.141 e. The standard InChI is InChI=1S/C16H16FNS.ClH/c1-18-12-5-6-13(18)8-11(7-12)15-9-10-3-2-4-14(17)16(10)19-15;/h2-4,7,9,12-13H,5-6,8H2,1H3;1H. The largest absolute Gasteiger partial charge is 0.297 e. The lowest BCUT2D eigenvalue weighted by Gasteiger charge is -2.29. The van der Waals surface area contributed by atoms with Crippen molar-refractivity contribution >= 4 is 39.4 Å². The molecule has 1 fully saturated rings. The second-order valence-corrected chi connectivity index (χ2v) is 6.68. The van der Waals surface area contributed by atoms with Crippen LogP contribution in [0.2, 0.25) is 0 Å². The van der Waals surface area contributed by atoms with Crippen molar-refractivity contribution in [1.29, 1.82) is 0 Å². The molecular formula is C16H17ClFNS. The Kier molecular flexibility index (Phi) is 3.61. The Morgan fingerprint density at radius 1 is 1.30 bits per heavy atom.